The van der Waals surface area contributed by atoms with Crippen molar-refractivity contribution in [1.29, 1.82) is 5.26 Å². The minimum absolute atomic E-state index is 0.314. The van der Waals surface area contributed by atoms with Crippen molar-refractivity contribution in [1.82, 2.24) is 10.3 Å². The molecular weight excluding hydrogens is 462 g/mol. The van der Waals surface area contributed by atoms with E-state index in [9.17, 15) is 4.79 Å². The average molecular weight is 490 g/mol. The van der Waals surface area contributed by atoms with Crippen molar-refractivity contribution in [3.05, 3.63) is 82.9 Å². The Kier molecular flexibility index (Phi) is 8.59. The number of hydrazone groups is 1. The normalized spacial score (nSPS) is 12.1. The molecule has 0 fully saturated rings. The van der Waals surface area contributed by atoms with Gasteiger partial charge in [-0.25, -0.2) is 15.1 Å². The first kappa shape index (κ1) is 25.5. The van der Waals surface area contributed by atoms with Gasteiger partial charge in [-0.05, 0) is 55.3 Å². The first-order valence-electron chi connectivity index (χ1n) is 10.8. The number of hydrogen-bond donors (Lipinski definition) is 3. The van der Waals surface area contributed by atoms with Crippen LogP contribution < -0.4 is 20.5 Å². The van der Waals surface area contributed by atoms with E-state index in [1.54, 1.807) is 32.5 Å². The van der Waals surface area contributed by atoms with Gasteiger partial charge in [-0.15, -0.1) is 12.6 Å². The van der Waals surface area contributed by atoms with Crippen LogP contribution >= 0.6 is 12.6 Å². The van der Waals surface area contributed by atoms with Crippen molar-refractivity contribution in [2.45, 2.75) is 18.2 Å². The maximum atomic E-state index is 12.2. The van der Waals surface area contributed by atoms with Gasteiger partial charge in [0, 0.05) is 21.7 Å². The number of methoxy groups -OCH3 is 2. The summed E-state index contributed by atoms with van der Waals surface area (Å²) < 4.78 is 10.8. The number of nitrogens with one attached hydrogen (secondary N) is 1. The van der Waals surface area contributed by atoms with Crippen LogP contribution in [-0.2, 0) is 6.42 Å². The third-order valence-corrected chi connectivity index (χ3v) is 5.59. The lowest BCUT2D eigenvalue weighted by Crippen LogP contribution is -2.35. The van der Waals surface area contributed by atoms with Crippen molar-refractivity contribution in [2.24, 2.45) is 5.10 Å². The molecule has 0 atom stereocenters. The van der Waals surface area contributed by atoms with Crippen LogP contribution in [0.2, 0.25) is 0 Å². The van der Waals surface area contributed by atoms with Crippen LogP contribution in [0, 0.1) is 18.4 Å². The molecule has 2 amide bonds. The highest BCUT2D eigenvalue weighted by molar-refractivity contribution is 7.80. The Labute approximate surface area is 210 Å². The second kappa shape index (κ2) is 11.8. The molecule has 4 rings (SSSR count). The molecule has 3 N–H and O–H groups in total. The van der Waals surface area contributed by atoms with Crippen LogP contribution in [0.15, 0.2) is 70.7 Å². The first-order valence-corrected chi connectivity index (χ1v) is 11.2. The van der Waals surface area contributed by atoms with Gasteiger partial charge in [-0.2, -0.15) is 10.4 Å². The Morgan fingerprint density at radius 3 is 2.29 bits per heavy atom. The van der Waals surface area contributed by atoms with E-state index in [1.807, 2.05) is 48.5 Å². The quantitative estimate of drug-likeness (QED) is 0.219. The van der Waals surface area contributed by atoms with E-state index in [-0.39, 0.29) is 0 Å². The number of carbonyl (C=O) groups excluding carboxylic acids is 1. The second-order valence-electron chi connectivity index (χ2n) is 7.69. The molecule has 3 aromatic rings. The molecule has 0 radical (unpaired) electrons. The fourth-order valence-corrected chi connectivity index (χ4v) is 3.61. The fraction of sp³-hybridized carbons (Fsp3) is 0.192. The van der Waals surface area contributed by atoms with Gasteiger partial charge < -0.3 is 15.2 Å². The average Bonchev–Trinajstić information content (AvgIpc) is 3.05. The summed E-state index contributed by atoms with van der Waals surface area (Å²) in [5.74, 6) is 1.16. The third-order valence-electron chi connectivity index (χ3n) is 5.29. The van der Waals surface area contributed by atoms with Gasteiger partial charge in [0.1, 0.15) is 0 Å². The standard InChI is InChI=1S/C19H19N5O3.C7H8S/c1-26-16-9-13-7-8-24(19(25)22-11-20)23-18(15(13)10-17(16)27-2)12-3-5-14(21)6-4-12;1-6-2-4-7(8)5-3-6/h3-6,9-10H,7-8,21H2,1-2H3,(H,22,25);2-5,8H,1H3. The van der Waals surface area contributed by atoms with E-state index < -0.39 is 6.03 Å². The molecular formula is C26H27N5O3S. The fourth-order valence-electron chi connectivity index (χ4n) is 3.46. The summed E-state index contributed by atoms with van der Waals surface area (Å²) in [7, 11) is 3.14. The molecule has 9 heteroatoms. The molecule has 1 aliphatic heterocycles. The molecule has 0 bridgehead atoms. The summed E-state index contributed by atoms with van der Waals surface area (Å²) in [5.41, 5.74) is 10.8. The molecule has 0 unspecified atom stereocenters. The molecule has 0 aromatic heterocycles. The molecule has 3 aromatic carbocycles. The van der Waals surface area contributed by atoms with Crippen LogP contribution in [0.4, 0.5) is 10.5 Å². The number of amides is 2. The van der Waals surface area contributed by atoms with E-state index in [1.165, 1.54) is 10.6 Å². The second-order valence-corrected chi connectivity index (χ2v) is 8.20. The van der Waals surface area contributed by atoms with E-state index in [4.69, 9.17) is 20.5 Å². The topological polar surface area (TPSA) is 113 Å². The number of benzene rings is 3. The van der Waals surface area contributed by atoms with Gasteiger partial charge >= 0.3 is 6.03 Å². The van der Waals surface area contributed by atoms with Crippen LogP contribution in [0.1, 0.15) is 22.3 Å². The van der Waals surface area contributed by atoms with Crippen molar-refractivity contribution in [3.8, 4) is 17.7 Å². The first-order chi connectivity index (χ1) is 16.9. The monoisotopic (exact) mass is 489 g/mol. The molecule has 0 spiro atoms. The van der Waals surface area contributed by atoms with Gasteiger partial charge in [-0.3, -0.25) is 0 Å². The van der Waals surface area contributed by atoms with Crippen molar-refractivity contribution in [2.75, 3.05) is 26.5 Å². The zero-order chi connectivity index (χ0) is 25.4. The molecule has 35 heavy (non-hydrogen) atoms. The van der Waals surface area contributed by atoms with Gasteiger partial charge in [-0.1, -0.05) is 29.8 Å². The highest BCUT2D eigenvalue weighted by atomic mass is 32.1. The molecule has 1 aliphatic rings. The number of ether oxygens (including phenoxy) is 2. The minimum atomic E-state index is -0.586. The zero-order valence-electron chi connectivity index (χ0n) is 19.8. The number of hydrogen-bond acceptors (Lipinski definition) is 7. The molecule has 0 aliphatic carbocycles. The lowest BCUT2D eigenvalue weighted by atomic mass is 9.95. The number of nitrogens with zero attached hydrogens (tertiary/aromatic N) is 3. The number of nitrogens with two attached hydrogens (primary N) is 1. The molecule has 180 valence electrons. The van der Waals surface area contributed by atoms with Crippen molar-refractivity contribution >= 4 is 30.1 Å². The number of fused-ring (bicyclic) bond motifs is 1. The highest BCUT2D eigenvalue weighted by Crippen LogP contribution is 2.33. The van der Waals surface area contributed by atoms with Crippen LogP contribution in [0.25, 0.3) is 0 Å². The Bertz CT molecular complexity index is 1230. The Balaban J connectivity index is 0.000000363. The zero-order valence-corrected chi connectivity index (χ0v) is 20.7. The van der Waals surface area contributed by atoms with Gasteiger partial charge in [0.15, 0.2) is 17.7 Å². The number of anilines is 1. The van der Waals surface area contributed by atoms with Crippen LogP contribution in [0.5, 0.6) is 11.5 Å². The smallest absolute Gasteiger partial charge is 0.350 e. The number of rotatable bonds is 3. The largest absolute Gasteiger partial charge is 0.493 e. The van der Waals surface area contributed by atoms with Gasteiger partial charge in [0.05, 0.1) is 26.5 Å². The Morgan fingerprint density at radius 2 is 1.71 bits per heavy atom. The lowest BCUT2D eigenvalue weighted by Gasteiger charge is -2.15. The summed E-state index contributed by atoms with van der Waals surface area (Å²) in [6.07, 6.45) is 2.18. The summed E-state index contributed by atoms with van der Waals surface area (Å²) in [6, 6.07) is 18.4. The maximum Gasteiger partial charge on any atom is 0.350 e. The number of aryl methyl sites for hydroxylation is 1. The third kappa shape index (κ3) is 6.46. The van der Waals surface area contributed by atoms with E-state index >= 15 is 0 Å². The van der Waals surface area contributed by atoms with Gasteiger partial charge in [0.2, 0.25) is 0 Å². The summed E-state index contributed by atoms with van der Waals surface area (Å²) in [4.78, 5) is 13.2. The minimum Gasteiger partial charge on any atom is -0.493 e. The SMILES string of the molecule is COc1cc2c(cc1OC)C(c1ccc(N)cc1)=NN(C(=O)NC#N)CC2.Cc1ccc(S)cc1. The van der Waals surface area contributed by atoms with Crippen molar-refractivity contribution < 1.29 is 14.3 Å². The van der Waals surface area contributed by atoms with E-state index in [2.05, 4.69) is 30.0 Å². The summed E-state index contributed by atoms with van der Waals surface area (Å²) in [5, 5.41) is 16.6. The predicted octanol–water partition coefficient (Wildman–Crippen LogP) is 4.37. The van der Waals surface area contributed by atoms with Gasteiger partial charge in [0.25, 0.3) is 0 Å². The summed E-state index contributed by atoms with van der Waals surface area (Å²) in [6.45, 7) is 2.38. The van der Waals surface area contributed by atoms with E-state index in [0.717, 1.165) is 21.6 Å². The summed E-state index contributed by atoms with van der Waals surface area (Å²) >= 11 is 4.13. The number of urea groups is 1. The lowest BCUT2D eigenvalue weighted by molar-refractivity contribution is 0.205. The Hall–Kier alpha value is -4.16. The molecule has 1 heterocycles. The van der Waals surface area contributed by atoms with Crippen molar-refractivity contribution in [3.63, 3.8) is 0 Å². The van der Waals surface area contributed by atoms with E-state index in [0.29, 0.717) is 35.9 Å². The number of carbonyl (C=O) groups is 1. The number of nitrogen functional groups attached to an aromatic ring is 1. The molecule has 0 saturated heterocycles. The molecule has 8 nitrogen and oxygen atoms in total. The highest BCUT2D eigenvalue weighted by Gasteiger charge is 2.24. The number of thiol groups is 1. The van der Waals surface area contributed by atoms with Crippen LogP contribution in [0.3, 0.4) is 0 Å². The number of nitriles is 1. The Morgan fingerprint density at radius 1 is 1.09 bits per heavy atom. The van der Waals surface area contributed by atoms with Crippen LogP contribution in [-0.4, -0.2) is 37.5 Å². The maximum absolute atomic E-state index is 12.2. The predicted molar refractivity (Wildman–Crippen MR) is 139 cm³/mol. The molecule has 0 saturated carbocycles.